The van der Waals surface area contributed by atoms with E-state index < -0.39 is 6.10 Å². The summed E-state index contributed by atoms with van der Waals surface area (Å²) in [5.74, 6) is 1.46. The van der Waals surface area contributed by atoms with Crippen LogP contribution in [0, 0.1) is 13.8 Å². The Balaban J connectivity index is 2.02. The SMILES string of the molecule is CCSc1nnc(NC(=O)C(CC)Oc2ccc(C)cc2C)s1. The minimum atomic E-state index is -0.553. The van der Waals surface area contributed by atoms with Crippen molar-refractivity contribution in [2.24, 2.45) is 0 Å². The lowest BCUT2D eigenvalue weighted by molar-refractivity contribution is -0.122. The summed E-state index contributed by atoms with van der Waals surface area (Å²) in [5, 5.41) is 11.3. The molecule has 1 unspecified atom stereocenters. The number of hydrogen-bond acceptors (Lipinski definition) is 6. The number of thioether (sulfide) groups is 1. The number of benzene rings is 1. The van der Waals surface area contributed by atoms with Crippen LogP contribution in [0.2, 0.25) is 0 Å². The second kappa shape index (κ2) is 8.31. The van der Waals surface area contributed by atoms with Crippen molar-refractivity contribution >= 4 is 34.1 Å². The summed E-state index contributed by atoms with van der Waals surface area (Å²) in [6.07, 6.45) is 0.0247. The topological polar surface area (TPSA) is 64.1 Å². The molecule has 2 rings (SSSR count). The first-order valence-corrected chi connectivity index (χ1v) is 9.34. The molecule has 1 N–H and O–H groups in total. The number of amides is 1. The third-order valence-electron chi connectivity index (χ3n) is 3.17. The maximum Gasteiger partial charge on any atom is 0.267 e. The molecule has 1 atom stereocenters. The Morgan fingerprint density at radius 3 is 2.78 bits per heavy atom. The van der Waals surface area contributed by atoms with Crippen molar-refractivity contribution in [1.29, 1.82) is 0 Å². The van der Waals surface area contributed by atoms with Gasteiger partial charge in [0.1, 0.15) is 5.75 Å². The van der Waals surface area contributed by atoms with Crippen LogP contribution in [0.4, 0.5) is 5.13 Å². The molecule has 0 aliphatic carbocycles. The molecule has 1 aromatic carbocycles. The van der Waals surface area contributed by atoms with Gasteiger partial charge in [-0.15, -0.1) is 10.2 Å². The predicted octanol–water partition coefficient (Wildman–Crippen LogP) is 4.06. The number of ether oxygens (including phenoxy) is 1. The van der Waals surface area contributed by atoms with Crippen molar-refractivity contribution in [2.75, 3.05) is 11.1 Å². The molecule has 0 radical (unpaired) electrons. The van der Waals surface area contributed by atoms with Gasteiger partial charge in [-0.1, -0.05) is 54.6 Å². The fourth-order valence-electron chi connectivity index (χ4n) is 2.04. The van der Waals surface area contributed by atoms with Crippen molar-refractivity contribution in [3.63, 3.8) is 0 Å². The molecular weight excluding hydrogens is 330 g/mol. The van der Waals surface area contributed by atoms with Gasteiger partial charge in [0.2, 0.25) is 5.13 Å². The van der Waals surface area contributed by atoms with Crippen LogP contribution in [0.3, 0.4) is 0 Å². The fourth-order valence-corrected chi connectivity index (χ4v) is 3.69. The van der Waals surface area contributed by atoms with E-state index in [-0.39, 0.29) is 5.91 Å². The minimum Gasteiger partial charge on any atom is -0.480 e. The lowest BCUT2D eigenvalue weighted by atomic mass is 10.1. The summed E-state index contributed by atoms with van der Waals surface area (Å²) in [6.45, 7) is 7.98. The van der Waals surface area contributed by atoms with Gasteiger partial charge in [0, 0.05) is 0 Å². The van der Waals surface area contributed by atoms with E-state index in [0.29, 0.717) is 11.6 Å². The average molecular weight is 351 g/mol. The number of rotatable bonds is 7. The molecule has 23 heavy (non-hydrogen) atoms. The Morgan fingerprint density at radius 1 is 1.35 bits per heavy atom. The van der Waals surface area contributed by atoms with Gasteiger partial charge < -0.3 is 4.74 Å². The summed E-state index contributed by atoms with van der Waals surface area (Å²) < 4.78 is 6.73. The van der Waals surface area contributed by atoms with Gasteiger partial charge in [-0.05, 0) is 37.7 Å². The number of nitrogens with one attached hydrogen (secondary N) is 1. The van der Waals surface area contributed by atoms with E-state index in [9.17, 15) is 4.79 Å². The number of hydrogen-bond donors (Lipinski definition) is 1. The van der Waals surface area contributed by atoms with Crippen molar-refractivity contribution < 1.29 is 9.53 Å². The Kier molecular flexibility index (Phi) is 6.41. The highest BCUT2D eigenvalue weighted by Gasteiger charge is 2.20. The van der Waals surface area contributed by atoms with Crippen LogP contribution in [0.25, 0.3) is 0 Å². The third-order valence-corrected chi connectivity index (χ3v) is 5.02. The van der Waals surface area contributed by atoms with Gasteiger partial charge in [0.25, 0.3) is 5.91 Å². The molecule has 0 fully saturated rings. The first kappa shape index (κ1) is 17.7. The lowest BCUT2D eigenvalue weighted by Crippen LogP contribution is -2.32. The summed E-state index contributed by atoms with van der Waals surface area (Å²) >= 11 is 2.98. The van der Waals surface area contributed by atoms with Crippen molar-refractivity contribution in [3.8, 4) is 5.75 Å². The summed E-state index contributed by atoms with van der Waals surface area (Å²) in [4.78, 5) is 12.4. The van der Waals surface area contributed by atoms with E-state index in [0.717, 1.165) is 21.4 Å². The van der Waals surface area contributed by atoms with Crippen LogP contribution in [0.5, 0.6) is 5.75 Å². The maximum absolute atomic E-state index is 12.4. The van der Waals surface area contributed by atoms with Crippen LogP contribution < -0.4 is 10.1 Å². The highest BCUT2D eigenvalue weighted by molar-refractivity contribution is 8.01. The number of nitrogens with zero attached hydrogens (tertiary/aromatic N) is 2. The van der Waals surface area contributed by atoms with E-state index >= 15 is 0 Å². The van der Waals surface area contributed by atoms with Gasteiger partial charge in [-0.3, -0.25) is 10.1 Å². The van der Waals surface area contributed by atoms with Crippen LogP contribution in [0.15, 0.2) is 22.5 Å². The highest BCUT2D eigenvalue weighted by atomic mass is 32.2. The second-order valence-electron chi connectivity index (χ2n) is 5.08. The summed E-state index contributed by atoms with van der Waals surface area (Å²) in [5.41, 5.74) is 2.19. The number of carbonyl (C=O) groups excluding carboxylic acids is 1. The molecule has 0 saturated heterocycles. The van der Waals surface area contributed by atoms with Gasteiger partial charge in [-0.2, -0.15) is 0 Å². The zero-order valence-corrected chi connectivity index (χ0v) is 15.4. The van der Waals surface area contributed by atoms with Crippen LogP contribution in [-0.2, 0) is 4.79 Å². The molecule has 1 amide bonds. The Hall–Kier alpha value is -1.60. The van der Waals surface area contributed by atoms with E-state index in [2.05, 4.69) is 22.4 Å². The predicted molar refractivity (Wildman–Crippen MR) is 95.6 cm³/mol. The Morgan fingerprint density at radius 2 is 2.13 bits per heavy atom. The summed E-state index contributed by atoms with van der Waals surface area (Å²) in [7, 11) is 0. The monoisotopic (exact) mass is 351 g/mol. The first-order chi connectivity index (χ1) is 11.0. The lowest BCUT2D eigenvalue weighted by Gasteiger charge is -2.18. The van der Waals surface area contributed by atoms with Gasteiger partial charge in [-0.25, -0.2) is 0 Å². The fraction of sp³-hybridized carbons (Fsp3) is 0.438. The van der Waals surface area contributed by atoms with Crippen molar-refractivity contribution in [3.05, 3.63) is 29.3 Å². The molecule has 0 aliphatic heterocycles. The van der Waals surface area contributed by atoms with E-state index in [1.54, 1.807) is 11.8 Å². The van der Waals surface area contributed by atoms with E-state index in [1.807, 2.05) is 39.0 Å². The molecule has 7 heteroatoms. The van der Waals surface area contributed by atoms with Crippen molar-refractivity contribution in [2.45, 2.75) is 44.6 Å². The Bertz CT molecular complexity index is 673. The largest absolute Gasteiger partial charge is 0.480 e. The number of carbonyl (C=O) groups is 1. The number of aryl methyl sites for hydroxylation is 2. The van der Waals surface area contributed by atoms with Gasteiger partial charge in [0.05, 0.1) is 0 Å². The standard InChI is InChI=1S/C16H21N3O2S2/c1-5-12(21-13-8-7-10(3)9-11(13)4)14(20)17-15-18-19-16(23-15)22-6-2/h7-9,12H,5-6H2,1-4H3,(H,17,18,20). The van der Waals surface area contributed by atoms with Crippen LogP contribution in [0.1, 0.15) is 31.4 Å². The molecule has 1 heterocycles. The number of aromatic nitrogens is 2. The molecule has 5 nitrogen and oxygen atoms in total. The zero-order chi connectivity index (χ0) is 16.8. The Labute approximate surface area is 144 Å². The second-order valence-corrected chi connectivity index (χ2v) is 7.57. The average Bonchev–Trinajstić information content (AvgIpc) is 2.94. The highest BCUT2D eigenvalue weighted by Crippen LogP contribution is 2.26. The van der Waals surface area contributed by atoms with Crippen LogP contribution >= 0.6 is 23.1 Å². The normalized spacial score (nSPS) is 12.0. The quantitative estimate of drug-likeness (QED) is 0.602. The molecular formula is C16H21N3O2S2. The summed E-state index contributed by atoms with van der Waals surface area (Å²) in [6, 6.07) is 5.92. The first-order valence-electron chi connectivity index (χ1n) is 7.54. The zero-order valence-electron chi connectivity index (χ0n) is 13.8. The van der Waals surface area contributed by atoms with Crippen LogP contribution in [-0.4, -0.2) is 28.0 Å². The maximum atomic E-state index is 12.4. The molecule has 1 aromatic heterocycles. The van der Waals surface area contributed by atoms with E-state index in [4.69, 9.17) is 4.74 Å². The minimum absolute atomic E-state index is 0.198. The van der Waals surface area contributed by atoms with Crippen molar-refractivity contribution in [1.82, 2.24) is 10.2 Å². The van der Waals surface area contributed by atoms with E-state index in [1.165, 1.54) is 16.9 Å². The molecule has 0 saturated carbocycles. The smallest absolute Gasteiger partial charge is 0.267 e. The molecule has 0 spiro atoms. The van der Waals surface area contributed by atoms with Gasteiger partial charge in [0.15, 0.2) is 10.4 Å². The third kappa shape index (κ3) is 4.94. The molecule has 2 aromatic rings. The molecule has 0 bridgehead atoms. The van der Waals surface area contributed by atoms with Gasteiger partial charge >= 0.3 is 0 Å². The number of anilines is 1. The molecule has 0 aliphatic rings. The molecule has 124 valence electrons.